The molecule has 1 amide bonds. The van der Waals surface area contributed by atoms with Gasteiger partial charge >= 0.3 is 6.18 Å². The molecule has 6 heteroatoms. The first-order chi connectivity index (χ1) is 11.0. The number of hydrogen-bond acceptors (Lipinski definition) is 2. The summed E-state index contributed by atoms with van der Waals surface area (Å²) in [5.41, 5.74) is -0.456. The zero-order chi connectivity index (χ0) is 18.1. The monoisotopic (exact) mass is 342 g/mol. The maximum absolute atomic E-state index is 12.8. The average Bonchev–Trinajstić information content (AvgIpc) is 2.52. The minimum absolute atomic E-state index is 0.0972. The molecule has 1 aromatic carbocycles. The molecule has 0 atom stereocenters. The average molecular weight is 342 g/mol. The lowest BCUT2D eigenvalue weighted by atomic mass is 9.92. The molecule has 1 heterocycles. The number of carbonyl (C=O) groups is 1. The Kier molecular flexibility index (Phi) is 5.16. The fraction of sp³-hybridized carbons (Fsp3) is 0.611. The number of carbonyl (C=O) groups excluding carboxylic acids is 1. The van der Waals surface area contributed by atoms with Gasteiger partial charge in [-0.15, -0.1) is 0 Å². The molecule has 1 aliphatic rings. The Labute approximate surface area is 141 Å². The van der Waals surface area contributed by atoms with E-state index in [0.717, 1.165) is 18.9 Å². The van der Waals surface area contributed by atoms with Crippen LogP contribution in [0.4, 0.5) is 18.9 Å². The first-order valence-electron chi connectivity index (χ1n) is 8.19. The molecule has 1 aromatic rings. The van der Waals surface area contributed by atoms with Crippen molar-refractivity contribution in [1.82, 2.24) is 4.90 Å². The highest BCUT2D eigenvalue weighted by atomic mass is 19.4. The van der Waals surface area contributed by atoms with Gasteiger partial charge in [-0.1, -0.05) is 26.8 Å². The third-order valence-electron chi connectivity index (χ3n) is 4.51. The summed E-state index contributed by atoms with van der Waals surface area (Å²) in [7, 11) is 1.82. The van der Waals surface area contributed by atoms with Gasteiger partial charge in [0.1, 0.15) is 0 Å². The summed E-state index contributed by atoms with van der Waals surface area (Å²) in [6, 6.07) is 5.58. The Morgan fingerprint density at radius 1 is 1.17 bits per heavy atom. The largest absolute Gasteiger partial charge is 0.416 e. The third kappa shape index (κ3) is 4.22. The van der Waals surface area contributed by atoms with Crippen molar-refractivity contribution in [3.8, 4) is 0 Å². The molecule has 0 aliphatic carbocycles. The van der Waals surface area contributed by atoms with Gasteiger partial charge in [0.25, 0.3) is 0 Å². The second kappa shape index (κ2) is 6.65. The topological polar surface area (TPSA) is 23.6 Å². The zero-order valence-corrected chi connectivity index (χ0v) is 14.7. The fourth-order valence-electron chi connectivity index (χ4n) is 3.09. The third-order valence-corrected chi connectivity index (χ3v) is 4.51. The first-order valence-corrected chi connectivity index (χ1v) is 8.19. The number of rotatable bonds is 2. The lowest BCUT2D eigenvalue weighted by Crippen LogP contribution is -2.48. The van der Waals surface area contributed by atoms with Crippen LogP contribution in [0.1, 0.15) is 39.2 Å². The van der Waals surface area contributed by atoms with Crippen molar-refractivity contribution < 1.29 is 18.0 Å². The summed E-state index contributed by atoms with van der Waals surface area (Å²) >= 11 is 0. The Morgan fingerprint density at radius 3 is 2.25 bits per heavy atom. The summed E-state index contributed by atoms with van der Waals surface area (Å²) in [5.74, 6) is 0.0972. The molecule has 1 aliphatic heterocycles. The summed E-state index contributed by atoms with van der Waals surface area (Å²) < 4.78 is 38.5. The van der Waals surface area contributed by atoms with E-state index in [0.29, 0.717) is 18.8 Å². The van der Waals surface area contributed by atoms with E-state index in [-0.39, 0.29) is 11.9 Å². The van der Waals surface area contributed by atoms with Crippen LogP contribution in [0.2, 0.25) is 0 Å². The van der Waals surface area contributed by atoms with Crippen LogP contribution in [0.15, 0.2) is 24.3 Å². The summed E-state index contributed by atoms with van der Waals surface area (Å²) in [4.78, 5) is 16.1. The van der Waals surface area contributed by atoms with E-state index in [2.05, 4.69) is 0 Å². The summed E-state index contributed by atoms with van der Waals surface area (Å²) in [6.45, 7) is 6.97. The van der Waals surface area contributed by atoms with Crippen molar-refractivity contribution in [2.75, 3.05) is 25.0 Å². The van der Waals surface area contributed by atoms with Crippen molar-refractivity contribution in [3.05, 3.63) is 29.8 Å². The predicted molar refractivity (Wildman–Crippen MR) is 88.9 cm³/mol. The molecule has 0 spiro atoms. The highest BCUT2D eigenvalue weighted by Gasteiger charge is 2.33. The number of piperidine rings is 1. The molecule has 1 saturated heterocycles. The van der Waals surface area contributed by atoms with Crippen LogP contribution in [0, 0.1) is 5.41 Å². The van der Waals surface area contributed by atoms with Gasteiger partial charge in [0.2, 0.25) is 5.91 Å². The van der Waals surface area contributed by atoms with Gasteiger partial charge in [-0.3, -0.25) is 4.79 Å². The number of halogens is 3. The molecule has 3 nitrogen and oxygen atoms in total. The highest BCUT2D eigenvalue weighted by Crippen LogP contribution is 2.32. The standard InChI is InChI=1S/C18H25F3N2O/c1-17(2,3)16(24)22(4)14-8-10-23(11-9-14)15-7-5-6-13(12-15)18(19,20)21/h5-7,12,14H,8-11H2,1-4H3. The molecular formula is C18H25F3N2O. The first kappa shape index (κ1) is 18.6. The maximum Gasteiger partial charge on any atom is 0.416 e. The quantitative estimate of drug-likeness (QED) is 0.805. The maximum atomic E-state index is 12.8. The van der Waals surface area contributed by atoms with Gasteiger partial charge in [0.15, 0.2) is 0 Å². The Morgan fingerprint density at radius 2 is 1.75 bits per heavy atom. The molecule has 24 heavy (non-hydrogen) atoms. The van der Waals surface area contributed by atoms with Crippen LogP contribution < -0.4 is 4.90 Å². The van der Waals surface area contributed by atoms with Gasteiger partial charge in [-0.2, -0.15) is 13.2 Å². The lowest BCUT2D eigenvalue weighted by molar-refractivity contribution is -0.140. The van der Waals surface area contributed by atoms with Crippen LogP contribution >= 0.6 is 0 Å². The van der Waals surface area contributed by atoms with Gasteiger partial charge in [0, 0.05) is 37.3 Å². The van der Waals surface area contributed by atoms with E-state index in [1.54, 1.807) is 11.0 Å². The molecule has 0 aromatic heterocycles. The highest BCUT2D eigenvalue weighted by molar-refractivity contribution is 5.81. The van der Waals surface area contributed by atoms with Gasteiger partial charge in [0.05, 0.1) is 5.56 Å². The van der Waals surface area contributed by atoms with E-state index < -0.39 is 17.2 Å². The number of alkyl halides is 3. The number of anilines is 1. The molecule has 0 radical (unpaired) electrons. The lowest BCUT2D eigenvalue weighted by Gasteiger charge is -2.40. The predicted octanol–water partition coefficient (Wildman–Crippen LogP) is 4.18. The summed E-state index contributed by atoms with van der Waals surface area (Å²) in [6.07, 6.45) is -2.81. The van der Waals surface area contributed by atoms with Gasteiger partial charge in [-0.05, 0) is 31.0 Å². The van der Waals surface area contributed by atoms with E-state index in [9.17, 15) is 18.0 Å². The second-order valence-electron chi connectivity index (χ2n) is 7.43. The zero-order valence-electron chi connectivity index (χ0n) is 14.7. The molecular weight excluding hydrogens is 317 g/mol. The van der Waals surface area contributed by atoms with Crippen molar-refractivity contribution in [2.45, 2.75) is 45.8 Å². The molecule has 1 fully saturated rings. The summed E-state index contributed by atoms with van der Waals surface area (Å²) in [5, 5.41) is 0. The van der Waals surface area contributed by atoms with Crippen molar-refractivity contribution in [3.63, 3.8) is 0 Å². The SMILES string of the molecule is CN(C(=O)C(C)(C)C)C1CCN(c2cccc(C(F)(F)F)c2)CC1. The normalized spacial score (nSPS) is 17.0. The van der Waals surface area contributed by atoms with Gasteiger partial charge < -0.3 is 9.80 Å². The van der Waals surface area contributed by atoms with Crippen LogP contribution in [0.25, 0.3) is 0 Å². The van der Waals surface area contributed by atoms with E-state index in [4.69, 9.17) is 0 Å². The molecule has 0 bridgehead atoms. The Balaban J connectivity index is 2.02. The fourth-order valence-corrected chi connectivity index (χ4v) is 3.09. The molecule has 0 saturated carbocycles. The van der Waals surface area contributed by atoms with Crippen molar-refractivity contribution in [2.24, 2.45) is 5.41 Å². The molecule has 0 N–H and O–H groups in total. The van der Waals surface area contributed by atoms with Crippen LogP contribution in [-0.4, -0.2) is 37.0 Å². The van der Waals surface area contributed by atoms with Crippen molar-refractivity contribution >= 4 is 11.6 Å². The smallest absolute Gasteiger partial charge is 0.371 e. The van der Waals surface area contributed by atoms with Crippen LogP contribution in [-0.2, 0) is 11.0 Å². The number of benzene rings is 1. The minimum Gasteiger partial charge on any atom is -0.371 e. The Bertz CT molecular complexity index is 585. The number of amides is 1. The van der Waals surface area contributed by atoms with Crippen molar-refractivity contribution in [1.29, 1.82) is 0 Å². The van der Waals surface area contributed by atoms with Crippen LogP contribution in [0.3, 0.4) is 0 Å². The van der Waals surface area contributed by atoms with E-state index >= 15 is 0 Å². The molecule has 134 valence electrons. The Hall–Kier alpha value is -1.72. The number of nitrogens with zero attached hydrogens (tertiary/aromatic N) is 2. The molecule has 0 unspecified atom stereocenters. The van der Waals surface area contributed by atoms with E-state index in [1.165, 1.54) is 12.1 Å². The minimum atomic E-state index is -4.33. The molecule has 2 rings (SSSR count). The van der Waals surface area contributed by atoms with Crippen LogP contribution in [0.5, 0.6) is 0 Å². The van der Waals surface area contributed by atoms with E-state index in [1.807, 2.05) is 32.7 Å². The second-order valence-corrected chi connectivity index (χ2v) is 7.43. The van der Waals surface area contributed by atoms with Gasteiger partial charge in [-0.25, -0.2) is 0 Å². The number of hydrogen-bond donors (Lipinski definition) is 0.